The van der Waals surface area contributed by atoms with Crippen LogP contribution < -0.4 is 0 Å². The van der Waals surface area contributed by atoms with Gasteiger partial charge in [0.05, 0.1) is 18.8 Å². The summed E-state index contributed by atoms with van der Waals surface area (Å²) in [7, 11) is 0. The van der Waals surface area contributed by atoms with Crippen LogP contribution >= 0.6 is 11.8 Å². The largest absolute Gasteiger partial charge is 0.466 e. The Labute approximate surface area is 227 Å². The number of unbranched alkanes of at least 4 members (excludes halogenated alkanes) is 1. The van der Waals surface area contributed by atoms with Gasteiger partial charge in [-0.2, -0.15) is 0 Å². The molecule has 1 aromatic heterocycles. The molecule has 0 radical (unpaired) electrons. The normalized spacial score (nSPS) is 19.9. The number of thioether (sulfide) groups is 1. The second-order valence-corrected chi connectivity index (χ2v) is 11.2. The molecule has 2 aromatic rings. The third-order valence-electron chi connectivity index (χ3n) is 6.81. The van der Waals surface area contributed by atoms with Crippen molar-refractivity contribution in [3.8, 4) is 0 Å². The SMILES string of the molecule is CCOC(=O)CCCCn1cc(/C=C2\CN(C(C(=O)C3CC3)c3ccccc3F)CCC2SC(C)=O)nn1. The number of ketones is 1. The van der Waals surface area contributed by atoms with Crippen molar-refractivity contribution in [1.29, 1.82) is 0 Å². The highest BCUT2D eigenvalue weighted by atomic mass is 32.2. The van der Waals surface area contributed by atoms with Gasteiger partial charge in [0.25, 0.3) is 0 Å². The van der Waals surface area contributed by atoms with E-state index >= 15 is 0 Å². The molecule has 2 heterocycles. The summed E-state index contributed by atoms with van der Waals surface area (Å²) in [6.07, 6.45) is 8.00. The maximum Gasteiger partial charge on any atom is 0.305 e. The number of aromatic nitrogens is 3. The minimum atomic E-state index is -0.648. The number of piperidine rings is 1. The summed E-state index contributed by atoms with van der Waals surface area (Å²) in [4.78, 5) is 38.9. The number of Topliss-reactive ketones (excluding diaryl/α,β-unsaturated/α-hetero) is 1. The molecule has 2 unspecified atom stereocenters. The predicted octanol–water partition coefficient (Wildman–Crippen LogP) is 4.61. The van der Waals surface area contributed by atoms with E-state index in [1.165, 1.54) is 17.8 Å². The Balaban J connectivity index is 1.50. The van der Waals surface area contributed by atoms with Gasteiger partial charge in [-0.1, -0.05) is 35.2 Å². The monoisotopic (exact) mass is 542 g/mol. The number of hydrogen-bond donors (Lipinski definition) is 0. The van der Waals surface area contributed by atoms with Gasteiger partial charge in [-0.05, 0) is 56.7 Å². The molecule has 10 heteroatoms. The first kappa shape index (κ1) is 28.2. The molecular weight excluding hydrogens is 507 g/mol. The Morgan fingerprint density at radius 1 is 1.21 bits per heavy atom. The highest BCUT2D eigenvalue weighted by Crippen LogP contribution is 2.40. The van der Waals surface area contributed by atoms with Crippen LogP contribution in [-0.4, -0.2) is 61.7 Å². The van der Waals surface area contributed by atoms with E-state index in [2.05, 4.69) is 10.3 Å². The molecule has 1 aliphatic heterocycles. The number of hydrogen-bond acceptors (Lipinski definition) is 8. The fourth-order valence-electron chi connectivity index (χ4n) is 4.85. The van der Waals surface area contributed by atoms with Gasteiger partial charge < -0.3 is 4.74 Å². The molecule has 2 aliphatic rings. The van der Waals surface area contributed by atoms with E-state index in [9.17, 15) is 18.8 Å². The summed E-state index contributed by atoms with van der Waals surface area (Å²) >= 11 is 1.28. The third-order valence-corrected chi connectivity index (χ3v) is 7.97. The maximum absolute atomic E-state index is 14.9. The molecule has 2 fully saturated rings. The van der Waals surface area contributed by atoms with Gasteiger partial charge in [0.1, 0.15) is 11.5 Å². The van der Waals surface area contributed by atoms with Crippen LogP contribution in [0.3, 0.4) is 0 Å². The number of nitrogens with zero attached hydrogens (tertiary/aromatic N) is 4. The molecule has 38 heavy (non-hydrogen) atoms. The molecule has 1 aliphatic carbocycles. The molecule has 0 bridgehead atoms. The van der Waals surface area contributed by atoms with E-state index in [4.69, 9.17) is 4.74 Å². The second kappa shape index (κ2) is 13.3. The molecule has 2 atom stereocenters. The first-order valence-electron chi connectivity index (χ1n) is 13.3. The fourth-order valence-corrected chi connectivity index (χ4v) is 5.77. The highest BCUT2D eigenvalue weighted by Gasteiger charge is 2.41. The topological polar surface area (TPSA) is 94.4 Å². The van der Waals surface area contributed by atoms with Crippen LogP contribution in [0.25, 0.3) is 6.08 Å². The van der Waals surface area contributed by atoms with Gasteiger partial charge in [-0.25, -0.2) is 4.39 Å². The minimum absolute atomic E-state index is 0.0138. The molecule has 0 amide bonds. The lowest BCUT2D eigenvalue weighted by atomic mass is 9.93. The number of halogens is 1. The zero-order valence-corrected chi connectivity index (χ0v) is 22.8. The number of esters is 1. The number of aryl methyl sites for hydroxylation is 1. The van der Waals surface area contributed by atoms with Crippen molar-refractivity contribution in [3.05, 3.63) is 53.1 Å². The number of carbonyl (C=O) groups is 3. The average Bonchev–Trinajstić information content (AvgIpc) is 3.64. The second-order valence-electron chi connectivity index (χ2n) is 9.85. The van der Waals surface area contributed by atoms with E-state index in [0.717, 1.165) is 24.8 Å². The van der Waals surface area contributed by atoms with Crippen LogP contribution in [0.2, 0.25) is 0 Å². The van der Waals surface area contributed by atoms with Crippen LogP contribution in [0.15, 0.2) is 36.0 Å². The Kier molecular flexibility index (Phi) is 9.85. The van der Waals surface area contributed by atoms with E-state index in [-0.39, 0.29) is 33.9 Å². The summed E-state index contributed by atoms with van der Waals surface area (Å²) < 4.78 is 21.6. The van der Waals surface area contributed by atoms with Crippen molar-refractivity contribution in [1.82, 2.24) is 19.9 Å². The molecule has 8 nitrogen and oxygen atoms in total. The molecule has 0 N–H and O–H groups in total. The molecule has 0 spiro atoms. The van der Waals surface area contributed by atoms with Gasteiger partial charge in [0.15, 0.2) is 10.9 Å². The van der Waals surface area contributed by atoms with Crippen molar-refractivity contribution in [2.45, 2.75) is 70.2 Å². The fraction of sp³-hybridized carbons (Fsp3) is 0.536. The molecule has 1 saturated heterocycles. The molecule has 1 aromatic carbocycles. The van der Waals surface area contributed by atoms with Gasteiger partial charge in [0, 0.05) is 49.7 Å². The third kappa shape index (κ3) is 7.60. The predicted molar refractivity (Wildman–Crippen MR) is 144 cm³/mol. The highest BCUT2D eigenvalue weighted by molar-refractivity contribution is 8.14. The Hall–Kier alpha value is -2.85. The lowest BCUT2D eigenvalue weighted by Crippen LogP contribution is -2.43. The standard InChI is InChI=1S/C28H35FN4O4S/c1-3-37-26(35)10-6-7-14-33-18-22(30-31-33)16-21-17-32(15-13-25(21)38-19(2)34)27(28(36)20-11-12-20)23-8-4-5-9-24(23)29/h4-5,8-9,16,18,20,25,27H,3,6-7,10-15,17H2,1-2H3/b21-16+. The van der Waals surface area contributed by atoms with Crippen LogP contribution in [0.4, 0.5) is 4.39 Å². The summed E-state index contributed by atoms with van der Waals surface area (Å²) in [6, 6.07) is 5.87. The van der Waals surface area contributed by atoms with E-state index < -0.39 is 6.04 Å². The zero-order valence-electron chi connectivity index (χ0n) is 22.0. The van der Waals surface area contributed by atoms with Crippen molar-refractivity contribution < 1.29 is 23.5 Å². The number of likely N-dealkylation sites (tertiary alicyclic amines) is 1. The summed E-state index contributed by atoms with van der Waals surface area (Å²) in [6.45, 7) is 5.38. The number of benzene rings is 1. The smallest absolute Gasteiger partial charge is 0.305 e. The van der Waals surface area contributed by atoms with Gasteiger partial charge in [0.2, 0.25) is 0 Å². The quantitative estimate of drug-likeness (QED) is 0.284. The summed E-state index contributed by atoms with van der Waals surface area (Å²) in [5.74, 6) is -0.509. The van der Waals surface area contributed by atoms with Crippen LogP contribution in [0, 0.1) is 11.7 Å². The summed E-state index contributed by atoms with van der Waals surface area (Å²) in [5, 5.41) is 8.48. The number of carbonyl (C=O) groups excluding carboxylic acids is 3. The van der Waals surface area contributed by atoms with E-state index in [1.807, 2.05) is 17.2 Å². The Morgan fingerprint density at radius 3 is 2.71 bits per heavy atom. The van der Waals surface area contributed by atoms with E-state index in [0.29, 0.717) is 56.8 Å². The number of rotatable bonds is 12. The van der Waals surface area contributed by atoms with Crippen molar-refractivity contribution in [2.24, 2.45) is 5.92 Å². The van der Waals surface area contributed by atoms with Crippen molar-refractivity contribution >= 4 is 34.7 Å². The molecule has 4 rings (SSSR count). The molecular formula is C28H35FN4O4S. The first-order chi connectivity index (χ1) is 18.4. The van der Waals surface area contributed by atoms with Crippen LogP contribution in [-0.2, 0) is 25.7 Å². The van der Waals surface area contributed by atoms with Gasteiger partial charge >= 0.3 is 5.97 Å². The van der Waals surface area contributed by atoms with Crippen LogP contribution in [0.1, 0.15) is 69.7 Å². The lowest BCUT2D eigenvalue weighted by Gasteiger charge is -2.38. The summed E-state index contributed by atoms with van der Waals surface area (Å²) in [5.41, 5.74) is 2.04. The van der Waals surface area contributed by atoms with Crippen molar-refractivity contribution in [2.75, 3.05) is 19.7 Å². The molecule has 204 valence electrons. The Bertz CT molecular complexity index is 1180. The maximum atomic E-state index is 14.9. The van der Waals surface area contributed by atoms with Gasteiger partial charge in [-0.15, -0.1) is 5.10 Å². The zero-order chi connectivity index (χ0) is 27.1. The first-order valence-corrected chi connectivity index (χ1v) is 14.2. The molecule has 1 saturated carbocycles. The Morgan fingerprint density at radius 2 is 2.00 bits per heavy atom. The van der Waals surface area contributed by atoms with Crippen LogP contribution in [0.5, 0.6) is 0 Å². The van der Waals surface area contributed by atoms with Crippen molar-refractivity contribution in [3.63, 3.8) is 0 Å². The average molecular weight is 543 g/mol. The minimum Gasteiger partial charge on any atom is -0.466 e. The van der Waals surface area contributed by atoms with Gasteiger partial charge in [-0.3, -0.25) is 24.0 Å². The van der Waals surface area contributed by atoms with E-state index in [1.54, 1.807) is 36.7 Å². The lowest BCUT2D eigenvalue weighted by molar-refractivity contribution is -0.143. The number of ether oxygens (including phenoxy) is 1.